The molecule has 1 aromatic rings. The van der Waals surface area contributed by atoms with Gasteiger partial charge in [-0.05, 0) is 48.8 Å². The van der Waals surface area contributed by atoms with Crippen LogP contribution in [0, 0.1) is 0 Å². The van der Waals surface area contributed by atoms with Crippen LogP contribution >= 0.6 is 15.9 Å². The van der Waals surface area contributed by atoms with Crippen molar-refractivity contribution < 1.29 is 14.3 Å². The van der Waals surface area contributed by atoms with Crippen molar-refractivity contribution in [2.45, 2.75) is 26.4 Å². The average Bonchev–Trinajstić information content (AvgIpc) is 2.25. The first-order chi connectivity index (χ1) is 8.26. The van der Waals surface area contributed by atoms with Crippen molar-refractivity contribution in [3.8, 4) is 5.75 Å². The summed E-state index contributed by atoms with van der Waals surface area (Å²) in [7, 11) is 3.21. The van der Waals surface area contributed by atoms with Crippen molar-refractivity contribution in [2.24, 2.45) is 0 Å². The number of ether oxygens (including phenoxy) is 2. The maximum Gasteiger partial charge on any atom is 0.414 e. The number of rotatable bonds is 2. The second-order valence-corrected chi connectivity index (χ2v) is 5.69. The van der Waals surface area contributed by atoms with E-state index in [1.54, 1.807) is 20.2 Å². The van der Waals surface area contributed by atoms with E-state index >= 15 is 0 Å². The van der Waals surface area contributed by atoms with Gasteiger partial charge >= 0.3 is 6.09 Å². The molecule has 0 atom stereocenters. The number of anilines is 1. The third kappa shape index (κ3) is 3.63. The number of halogens is 1. The highest BCUT2D eigenvalue weighted by atomic mass is 79.9. The maximum absolute atomic E-state index is 12.0. The summed E-state index contributed by atoms with van der Waals surface area (Å²) in [6.07, 6.45) is -0.418. The van der Waals surface area contributed by atoms with Crippen LogP contribution in [0.5, 0.6) is 5.75 Å². The Kier molecular flexibility index (Phi) is 4.62. The van der Waals surface area contributed by atoms with Crippen LogP contribution in [0.2, 0.25) is 0 Å². The molecule has 0 aliphatic rings. The van der Waals surface area contributed by atoms with Crippen LogP contribution in [0.3, 0.4) is 0 Å². The molecule has 0 aliphatic carbocycles. The van der Waals surface area contributed by atoms with Gasteiger partial charge in [0.15, 0.2) is 5.75 Å². The smallest absolute Gasteiger partial charge is 0.414 e. The van der Waals surface area contributed by atoms with E-state index in [1.807, 2.05) is 32.9 Å². The van der Waals surface area contributed by atoms with Crippen LogP contribution in [0.4, 0.5) is 10.5 Å². The molecule has 18 heavy (non-hydrogen) atoms. The van der Waals surface area contributed by atoms with Gasteiger partial charge in [-0.2, -0.15) is 0 Å². The molecule has 0 saturated heterocycles. The lowest BCUT2D eigenvalue weighted by Gasteiger charge is -2.25. The summed E-state index contributed by atoms with van der Waals surface area (Å²) in [4.78, 5) is 13.4. The van der Waals surface area contributed by atoms with E-state index in [0.717, 1.165) is 4.47 Å². The number of methoxy groups -OCH3 is 1. The fourth-order valence-electron chi connectivity index (χ4n) is 1.39. The molecule has 1 rings (SSSR count). The fourth-order valence-corrected chi connectivity index (χ4v) is 1.91. The summed E-state index contributed by atoms with van der Waals surface area (Å²) in [5, 5.41) is 0. The van der Waals surface area contributed by atoms with Crippen LogP contribution < -0.4 is 9.64 Å². The average molecular weight is 316 g/mol. The molecule has 0 saturated carbocycles. The molecule has 1 aromatic carbocycles. The summed E-state index contributed by atoms with van der Waals surface area (Å²) in [6, 6.07) is 5.49. The SMILES string of the molecule is COc1c(Br)cccc1N(C)C(=O)OC(C)(C)C. The lowest BCUT2D eigenvalue weighted by atomic mass is 10.2. The third-order valence-corrected chi connectivity index (χ3v) is 2.80. The number of hydrogen-bond donors (Lipinski definition) is 0. The number of hydrogen-bond acceptors (Lipinski definition) is 3. The summed E-state index contributed by atoms with van der Waals surface area (Å²) in [5.74, 6) is 0.603. The molecular formula is C13H18BrNO3. The van der Waals surface area contributed by atoms with Crippen molar-refractivity contribution in [1.82, 2.24) is 0 Å². The topological polar surface area (TPSA) is 38.8 Å². The minimum Gasteiger partial charge on any atom is -0.493 e. The molecule has 0 N–H and O–H groups in total. The van der Waals surface area contributed by atoms with Crippen LogP contribution in [0.15, 0.2) is 22.7 Å². The van der Waals surface area contributed by atoms with Gasteiger partial charge in [-0.15, -0.1) is 0 Å². The Bertz CT molecular complexity index is 440. The Morgan fingerprint density at radius 3 is 2.44 bits per heavy atom. The first-order valence-electron chi connectivity index (χ1n) is 5.55. The molecule has 0 fully saturated rings. The molecule has 4 nitrogen and oxygen atoms in total. The molecule has 1 amide bonds. The van der Waals surface area contributed by atoms with Crippen molar-refractivity contribution >= 4 is 27.7 Å². The van der Waals surface area contributed by atoms with Crippen LogP contribution in [0.1, 0.15) is 20.8 Å². The zero-order valence-electron chi connectivity index (χ0n) is 11.3. The lowest BCUT2D eigenvalue weighted by Crippen LogP contribution is -2.34. The zero-order valence-corrected chi connectivity index (χ0v) is 12.9. The van der Waals surface area contributed by atoms with Gasteiger partial charge < -0.3 is 9.47 Å². The molecule has 0 aliphatic heterocycles. The van der Waals surface area contributed by atoms with Gasteiger partial charge in [0, 0.05) is 7.05 Å². The molecule has 0 bridgehead atoms. The standard InChI is InChI=1S/C13H18BrNO3/c1-13(2,3)18-12(16)15(4)10-8-6-7-9(14)11(10)17-5/h6-8H,1-5H3. The van der Waals surface area contributed by atoms with Gasteiger partial charge in [-0.25, -0.2) is 4.79 Å². The Balaban J connectivity index is 3.00. The van der Waals surface area contributed by atoms with E-state index in [2.05, 4.69) is 15.9 Å². The number of amides is 1. The Morgan fingerprint density at radius 2 is 1.94 bits per heavy atom. The molecule has 0 unspecified atom stereocenters. The van der Waals surface area contributed by atoms with E-state index in [9.17, 15) is 4.79 Å². The van der Waals surface area contributed by atoms with Gasteiger partial charge in [0.2, 0.25) is 0 Å². The second-order valence-electron chi connectivity index (χ2n) is 4.83. The van der Waals surface area contributed by atoms with E-state index in [0.29, 0.717) is 11.4 Å². The molecule has 0 heterocycles. The second kappa shape index (κ2) is 5.61. The van der Waals surface area contributed by atoms with Crippen LogP contribution in [-0.2, 0) is 4.74 Å². The first-order valence-corrected chi connectivity index (χ1v) is 6.35. The Morgan fingerprint density at radius 1 is 1.33 bits per heavy atom. The van der Waals surface area contributed by atoms with E-state index in [1.165, 1.54) is 4.90 Å². The predicted molar refractivity (Wildman–Crippen MR) is 75.3 cm³/mol. The minimum absolute atomic E-state index is 0.418. The molecule has 0 radical (unpaired) electrons. The van der Waals surface area contributed by atoms with Crippen molar-refractivity contribution in [3.05, 3.63) is 22.7 Å². The zero-order chi connectivity index (χ0) is 13.9. The highest BCUT2D eigenvalue weighted by Gasteiger charge is 2.23. The molecule has 0 aromatic heterocycles. The lowest BCUT2D eigenvalue weighted by molar-refractivity contribution is 0.0588. The van der Waals surface area contributed by atoms with Gasteiger partial charge in [-0.3, -0.25) is 4.90 Å². The minimum atomic E-state index is -0.523. The van der Waals surface area contributed by atoms with Crippen LogP contribution in [0.25, 0.3) is 0 Å². The quantitative estimate of drug-likeness (QED) is 0.832. The summed E-state index contributed by atoms with van der Waals surface area (Å²) < 4.78 is 11.4. The van der Waals surface area contributed by atoms with Gasteiger partial charge in [0.1, 0.15) is 5.60 Å². The Hall–Kier alpha value is -1.23. The summed E-state index contributed by atoms with van der Waals surface area (Å²) >= 11 is 3.38. The predicted octanol–water partition coefficient (Wildman–Crippen LogP) is 3.83. The van der Waals surface area contributed by atoms with Crippen LogP contribution in [-0.4, -0.2) is 25.9 Å². The summed E-state index contributed by atoms with van der Waals surface area (Å²) in [5.41, 5.74) is 0.131. The van der Waals surface area contributed by atoms with Crippen molar-refractivity contribution in [1.29, 1.82) is 0 Å². The monoisotopic (exact) mass is 315 g/mol. The number of benzene rings is 1. The largest absolute Gasteiger partial charge is 0.493 e. The maximum atomic E-state index is 12.0. The summed E-state index contributed by atoms with van der Waals surface area (Å²) in [6.45, 7) is 5.49. The van der Waals surface area contributed by atoms with Crippen molar-refractivity contribution in [3.63, 3.8) is 0 Å². The number of carbonyl (C=O) groups is 1. The number of nitrogens with zero attached hydrogens (tertiary/aromatic N) is 1. The first kappa shape index (κ1) is 14.8. The highest BCUT2D eigenvalue weighted by molar-refractivity contribution is 9.10. The van der Waals surface area contributed by atoms with Gasteiger partial charge in [-0.1, -0.05) is 6.07 Å². The third-order valence-electron chi connectivity index (χ3n) is 2.18. The molecule has 0 spiro atoms. The number of carbonyl (C=O) groups excluding carboxylic acids is 1. The van der Waals surface area contributed by atoms with E-state index in [-0.39, 0.29) is 0 Å². The normalized spacial score (nSPS) is 11.0. The van der Waals surface area contributed by atoms with Gasteiger partial charge in [0.05, 0.1) is 17.3 Å². The molecule has 5 heteroatoms. The highest BCUT2D eigenvalue weighted by Crippen LogP contribution is 2.35. The van der Waals surface area contributed by atoms with Gasteiger partial charge in [0.25, 0.3) is 0 Å². The Labute approximate surface area is 116 Å². The number of para-hydroxylation sites is 1. The molecular weight excluding hydrogens is 298 g/mol. The van der Waals surface area contributed by atoms with Crippen molar-refractivity contribution in [2.75, 3.05) is 19.1 Å². The van der Waals surface area contributed by atoms with E-state index in [4.69, 9.17) is 9.47 Å². The molecule has 100 valence electrons. The van der Waals surface area contributed by atoms with E-state index < -0.39 is 11.7 Å². The fraction of sp³-hybridized carbons (Fsp3) is 0.462.